The number of methoxy groups -OCH3 is 1. The predicted molar refractivity (Wildman–Crippen MR) is 98.1 cm³/mol. The Hall–Kier alpha value is -3.26. The fourth-order valence-electron chi connectivity index (χ4n) is 3.16. The first-order valence-corrected chi connectivity index (χ1v) is 8.41. The van der Waals surface area contributed by atoms with Crippen molar-refractivity contribution in [1.29, 1.82) is 0 Å². The van der Waals surface area contributed by atoms with E-state index < -0.39 is 11.0 Å². The van der Waals surface area contributed by atoms with Crippen molar-refractivity contribution in [3.63, 3.8) is 0 Å². The molecule has 0 bridgehead atoms. The number of non-ortho nitro benzene ring substituents is 1. The van der Waals surface area contributed by atoms with E-state index in [0.29, 0.717) is 18.7 Å². The number of fused-ring (bicyclic) bond motifs is 1. The van der Waals surface area contributed by atoms with Crippen molar-refractivity contribution in [3.05, 3.63) is 69.8 Å². The van der Waals surface area contributed by atoms with Crippen LogP contribution in [-0.2, 0) is 27.3 Å². The van der Waals surface area contributed by atoms with E-state index in [4.69, 9.17) is 4.74 Å². The Morgan fingerprint density at radius 2 is 1.85 bits per heavy atom. The van der Waals surface area contributed by atoms with Gasteiger partial charge in [0.05, 0.1) is 18.6 Å². The van der Waals surface area contributed by atoms with Crippen molar-refractivity contribution in [3.8, 4) is 0 Å². The van der Waals surface area contributed by atoms with E-state index >= 15 is 0 Å². The molecule has 2 aromatic carbocycles. The molecular weight excluding hydrogens is 350 g/mol. The van der Waals surface area contributed by atoms with Crippen LogP contribution in [0, 0.1) is 10.1 Å². The van der Waals surface area contributed by atoms with Crippen LogP contribution in [0.5, 0.6) is 0 Å². The number of ether oxygens (including phenoxy) is 1. The largest absolute Gasteiger partial charge is 0.468 e. The second kappa shape index (κ2) is 7.96. The highest BCUT2D eigenvalue weighted by Gasteiger charge is 2.33. The van der Waals surface area contributed by atoms with Crippen LogP contribution in [0.3, 0.4) is 0 Å². The highest BCUT2D eigenvalue weighted by Crippen LogP contribution is 2.24. The number of hydrogen-bond donors (Lipinski definition) is 1. The third-order valence-electron chi connectivity index (χ3n) is 4.53. The Kier molecular flexibility index (Phi) is 5.46. The molecule has 1 amide bonds. The van der Waals surface area contributed by atoms with E-state index in [2.05, 4.69) is 5.32 Å². The number of esters is 1. The molecule has 0 aliphatic carbocycles. The molecule has 0 spiro atoms. The van der Waals surface area contributed by atoms with Crippen LogP contribution in [0.1, 0.15) is 11.1 Å². The number of carbonyl (C=O) groups excluding carboxylic acids is 2. The number of rotatable bonds is 5. The number of nitro benzene ring substituents is 1. The second-order valence-corrected chi connectivity index (χ2v) is 6.27. The molecule has 8 nitrogen and oxygen atoms in total. The van der Waals surface area contributed by atoms with Gasteiger partial charge in [0.2, 0.25) is 5.91 Å². The van der Waals surface area contributed by atoms with Crippen molar-refractivity contribution in [2.75, 3.05) is 19.0 Å². The van der Waals surface area contributed by atoms with Gasteiger partial charge in [0.1, 0.15) is 6.04 Å². The van der Waals surface area contributed by atoms with Gasteiger partial charge in [-0.05, 0) is 29.7 Å². The van der Waals surface area contributed by atoms with Gasteiger partial charge in [-0.25, -0.2) is 0 Å². The highest BCUT2D eigenvalue weighted by molar-refractivity contribution is 5.92. The molecule has 27 heavy (non-hydrogen) atoms. The molecule has 0 unspecified atom stereocenters. The average molecular weight is 369 g/mol. The van der Waals surface area contributed by atoms with Gasteiger partial charge in [0.15, 0.2) is 0 Å². The zero-order valence-corrected chi connectivity index (χ0v) is 14.8. The SMILES string of the molecule is COC(=O)[C@H]1Cc2ccccc2CN1CC(=O)Nc1ccc([N+](=O)[O-])cc1. The molecule has 1 atom stereocenters. The second-order valence-electron chi connectivity index (χ2n) is 6.27. The molecule has 0 saturated carbocycles. The summed E-state index contributed by atoms with van der Waals surface area (Å²) in [6, 6.07) is 12.8. The molecule has 1 aliphatic heterocycles. The fourth-order valence-corrected chi connectivity index (χ4v) is 3.16. The van der Waals surface area contributed by atoms with E-state index in [1.165, 1.54) is 31.4 Å². The van der Waals surface area contributed by atoms with Crippen LogP contribution in [-0.4, -0.2) is 41.4 Å². The molecule has 1 aliphatic rings. The summed E-state index contributed by atoms with van der Waals surface area (Å²) in [5.74, 6) is -0.690. The predicted octanol–water partition coefficient (Wildman–Crippen LogP) is 2.13. The number of hydrogen-bond acceptors (Lipinski definition) is 6. The summed E-state index contributed by atoms with van der Waals surface area (Å²) in [4.78, 5) is 36.6. The van der Waals surface area contributed by atoms with E-state index in [0.717, 1.165) is 11.1 Å². The quantitative estimate of drug-likeness (QED) is 0.492. The summed E-state index contributed by atoms with van der Waals surface area (Å²) >= 11 is 0. The number of benzene rings is 2. The van der Waals surface area contributed by atoms with Crippen molar-refractivity contribution in [2.45, 2.75) is 19.0 Å². The third-order valence-corrected chi connectivity index (χ3v) is 4.53. The zero-order valence-electron chi connectivity index (χ0n) is 14.8. The van der Waals surface area contributed by atoms with Gasteiger partial charge in [-0.3, -0.25) is 24.6 Å². The van der Waals surface area contributed by atoms with Crippen LogP contribution in [0.25, 0.3) is 0 Å². The van der Waals surface area contributed by atoms with Crippen molar-refractivity contribution in [2.24, 2.45) is 0 Å². The summed E-state index contributed by atoms with van der Waals surface area (Å²) in [7, 11) is 1.33. The van der Waals surface area contributed by atoms with Crippen molar-refractivity contribution < 1.29 is 19.2 Å². The first kappa shape index (κ1) is 18.5. The lowest BCUT2D eigenvalue weighted by Gasteiger charge is -2.34. The smallest absolute Gasteiger partial charge is 0.323 e. The number of nitrogens with one attached hydrogen (secondary N) is 1. The average Bonchev–Trinajstić information content (AvgIpc) is 2.67. The first-order chi connectivity index (χ1) is 13.0. The number of amides is 1. The lowest BCUT2D eigenvalue weighted by Crippen LogP contribution is -2.49. The Morgan fingerprint density at radius 1 is 1.19 bits per heavy atom. The van der Waals surface area contributed by atoms with Gasteiger partial charge in [0.25, 0.3) is 5.69 Å². The molecule has 1 heterocycles. The van der Waals surface area contributed by atoms with E-state index in [-0.39, 0.29) is 24.1 Å². The monoisotopic (exact) mass is 369 g/mol. The summed E-state index contributed by atoms with van der Waals surface area (Å²) < 4.78 is 4.89. The van der Waals surface area contributed by atoms with Crippen LogP contribution in [0.2, 0.25) is 0 Å². The van der Waals surface area contributed by atoms with E-state index in [1.54, 1.807) is 4.90 Å². The molecule has 1 N–H and O–H groups in total. The van der Waals surface area contributed by atoms with Crippen LogP contribution < -0.4 is 5.32 Å². The molecular formula is C19H19N3O5. The maximum absolute atomic E-state index is 12.4. The molecule has 8 heteroatoms. The fraction of sp³-hybridized carbons (Fsp3) is 0.263. The Balaban J connectivity index is 1.71. The molecule has 0 aromatic heterocycles. The lowest BCUT2D eigenvalue weighted by atomic mass is 9.94. The summed E-state index contributed by atoms with van der Waals surface area (Å²) in [5, 5.41) is 13.4. The minimum Gasteiger partial charge on any atom is -0.468 e. The normalized spacial score (nSPS) is 16.3. The van der Waals surface area contributed by atoms with Gasteiger partial charge in [-0.15, -0.1) is 0 Å². The minimum atomic E-state index is -0.535. The molecule has 0 fully saturated rings. The maximum Gasteiger partial charge on any atom is 0.323 e. The van der Waals surface area contributed by atoms with Crippen LogP contribution >= 0.6 is 0 Å². The molecule has 3 rings (SSSR count). The summed E-state index contributed by atoms with van der Waals surface area (Å²) in [5.41, 5.74) is 2.55. The van der Waals surface area contributed by atoms with Crippen LogP contribution in [0.4, 0.5) is 11.4 Å². The summed E-state index contributed by atoms with van der Waals surface area (Å²) in [6.45, 7) is 0.467. The lowest BCUT2D eigenvalue weighted by molar-refractivity contribution is -0.384. The van der Waals surface area contributed by atoms with Gasteiger partial charge >= 0.3 is 5.97 Å². The Morgan fingerprint density at radius 3 is 2.48 bits per heavy atom. The number of carbonyl (C=O) groups is 2. The third kappa shape index (κ3) is 4.29. The zero-order chi connectivity index (χ0) is 19.4. The minimum absolute atomic E-state index is 0.00505. The Bertz CT molecular complexity index is 866. The highest BCUT2D eigenvalue weighted by atomic mass is 16.6. The van der Waals surface area contributed by atoms with Crippen molar-refractivity contribution in [1.82, 2.24) is 4.90 Å². The number of anilines is 1. The molecule has 0 saturated heterocycles. The Labute approximate surface area is 155 Å². The van der Waals surface area contributed by atoms with E-state index in [9.17, 15) is 19.7 Å². The van der Waals surface area contributed by atoms with Gasteiger partial charge in [-0.2, -0.15) is 0 Å². The number of nitro groups is 1. The molecule has 2 aromatic rings. The van der Waals surface area contributed by atoms with Gasteiger partial charge in [0, 0.05) is 24.4 Å². The topological polar surface area (TPSA) is 102 Å². The van der Waals surface area contributed by atoms with Gasteiger partial charge in [-0.1, -0.05) is 24.3 Å². The standard InChI is InChI=1S/C19H19N3O5/c1-27-19(24)17-10-13-4-2-3-5-14(13)11-21(17)12-18(23)20-15-6-8-16(9-7-15)22(25)26/h2-9,17H,10-12H2,1H3,(H,20,23)/t17-/m1/s1. The maximum atomic E-state index is 12.4. The molecule has 140 valence electrons. The van der Waals surface area contributed by atoms with Gasteiger partial charge < -0.3 is 10.1 Å². The molecule has 0 radical (unpaired) electrons. The first-order valence-electron chi connectivity index (χ1n) is 8.41. The number of nitrogens with zero attached hydrogens (tertiary/aromatic N) is 2. The summed E-state index contributed by atoms with van der Waals surface area (Å²) in [6.07, 6.45) is 0.480. The van der Waals surface area contributed by atoms with Crippen molar-refractivity contribution >= 4 is 23.3 Å². The van der Waals surface area contributed by atoms with Crippen LogP contribution in [0.15, 0.2) is 48.5 Å². The van der Waals surface area contributed by atoms with E-state index in [1.807, 2.05) is 24.3 Å².